The Kier molecular flexibility index (Phi) is 6.86. The number of nitrogens with one attached hydrogen (secondary N) is 1. The van der Waals surface area contributed by atoms with Gasteiger partial charge in [0.15, 0.2) is 23.9 Å². The summed E-state index contributed by atoms with van der Waals surface area (Å²) in [6, 6.07) is 15.5. The molecule has 2 aromatic heterocycles. The van der Waals surface area contributed by atoms with E-state index in [9.17, 15) is 9.59 Å². The van der Waals surface area contributed by atoms with E-state index >= 15 is 0 Å². The quantitative estimate of drug-likeness (QED) is 0.367. The second kappa shape index (κ2) is 10.2. The zero-order valence-electron chi connectivity index (χ0n) is 19.7. The average molecular weight is 476 g/mol. The van der Waals surface area contributed by atoms with Crippen LogP contribution in [0.4, 0.5) is 5.69 Å². The molecule has 35 heavy (non-hydrogen) atoms. The van der Waals surface area contributed by atoms with E-state index in [1.54, 1.807) is 42.5 Å². The molecule has 180 valence electrons. The summed E-state index contributed by atoms with van der Waals surface area (Å²) in [5, 5.41) is 3.27. The second-order valence-corrected chi connectivity index (χ2v) is 7.52. The molecule has 0 aliphatic carbocycles. The van der Waals surface area contributed by atoms with Gasteiger partial charge >= 0.3 is 5.97 Å². The van der Waals surface area contributed by atoms with Gasteiger partial charge in [0.1, 0.15) is 11.5 Å². The first-order valence-corrected chi connectivity index (χ1v) is 10.7. The number of ether oxygens (including phenoxy) is 4. The third-order valence-electron chi connectivity index (χ3n) is 5.21. The van der Waals surface area contributed by atoms with Crippen molar-refractivity contribution in [3.63, 3.8) is 0 Å². The number of carbonyl (C=O) groups is 2. The van der Waals surface area contributed by atoms with Crippen molar-refractivity contribution in [3.8, 4) is 28.7 Å². The SMILES string of the molecule is COc1cc(NC(=O)COC(=O)c2cc(-c3ccc(C)o3)nc3ccccc23)cc(OC)c1OC. The topological polar surface area (TPSA) is 109 Å². The number of amides is 1. The monoisotopic (exact) mass is 476 g/mol. The highest BCUT2D eigenvalue weighted by atomic mass is 16.5. The minimum Gasteiger partial charge on any atom is -0.493 e. The summed E-state index contributed by atoms with van der Waals surface area (Å²) < 4.78 is 26.9. The Hall–Kier alpha value is -4.53. The van der Waals surface area contributed by atoms with Crippen LogP contribution in [0, 0.1) is 6.92 Å². The molecule has 9 nitrogen and oxygen atoms in total. The highest BCUT2D eigenvalue weighted by Gasteiger charge is 2.19. The number of nitrogens with zero attached hydrogens (tertiary/aromatic N) is 1. The highest BCUT2D eigenvalue weighted by molar-refractivity contribution is 6.05. The summed E-state index contributed by atoms with van der Waals surface area (Å²) >= 11 is 0. The van der Waals surface area contributed by atoms with Crippen LogP contribution in [0.2, 0.25) is 0 Å². The molecule has 0 saturated heterocycles. The van der Waals surface area contributed by atoms with E-state index < -0.39 is 18.5 Å². The smallest absolute Gasteiger partial charge is 0.339 e. The fourth-order valence-electron chi connectivity index (χ4n) is 3.60. The molecule has 0 atom stereocenters. The molecule has 0 bridgehead atoms. The first-order valence-electron chi connectivity index (χ1n) is 10.7. The summed E-state index contributed by atoms with van der Waals surface area (Å²) in [5.41, 5.74) is 1.77. The average Bonchev–Trinajstić information content (AvgIpc) is 3.32. The molecule has 1 N–H and O–H groups in total. The summed E-state index contributed by atoms with van der Waals surface area (Å²) in [5.74, 6) is 1.21. The molecular weight excluding hydrogens is 452 g/mol. The number of anilines is 1. The van der Waals surface area contributed by atoms with E-state index in [4.69, 9.17) is 23.4 Å². The fourth-order valence-corrected chi connectivity index (χ4v) is 3.60. The Morgan fingerprint density at radius 1 is 0.943 bits per heavy atom. The lowest BCUT2D eigenvalue weighted by molar-refractivity contribution is -0.119. The maximum Gasteiger partial charge on any atom is 0.339 e. The van der Waals surface area contributed by atoms with E-state index in [1.807, 2.05) is 19.1 Å². The van der Waals surface area contributed by atoms with Gasteiger partial charge in [0.25, 0.3) is 5.91 Å². The van der Waals surface area contributed by atoms with Gasteiger partial charge in [0, 0.05) is 23.2 Å². The molecule has 0 aliphatic heterocycles. The lowest BCUT2D eigenvalue weighted by Crippen LogP contribution is -2.21. The molecule has 1 amide bonds. The fraction of sp³-hybridized carbons (Fsp3) is 0.192. The Labute approximate surface area is 201 Å². The number of carbonyl (C=O) groups excluding carboxylic acids is 2. The Morgan fingerprint density at radius 2 is 1.66 bits per heavy atom. The van der Waals surface area contributed by atoms with Gasteiger partial charge in [-0.1, -0.05) is 18.2 Å². The number of aryl methyl sites for hydroxylation is 1. The Bertz CT molecular complexity index is 1370. The summed E-state index contributed by atoms with van der Waals surface area (Å²) in [6.07, 6.45) is 0. The van der Waals surface area contributed by atoms with Crippen molar-refractivity contribution in [1.82, 2.24) is 4.98 Å². The summed E-state index contributed by atoms with van der Waals surface area (Å²) in [6.45, 7) is 1.33. The molecule has 0 fully saturated rings. The van der Waals surface area contributed by atoms with Crippen molar-refractivity contribution < 1.29 is 33.0 Å². The van der Waals surface area contributed by atoms with Crippen LogP contribution < -0.4 is 19.5 Å². The normalized spacial score (nSPS) is 10.6. The Balaban J connectivity index is 1.53. The number of methoxy groups -OCH3 is 3. The van der Waals surface area contributed by atoms with Gasteiger partial charge in [-0.3, -0.25) is 4.79 Å². The minimum absolute atomic E-state index is 0.278. The van der Waals surface area contributed by atoms with Crippen LogP contribution >= 0.6 is 0 Å². The van der Waals surface area contributed by atoms with Crippen LogP contribution in [0.25, 0.3) is 22.4 Å². The van der Waals surface area contributed by atoms with E-state index in [2.05, 4.69) is 10.3 Å². The maximum atomic E-state index is 13.0. The number of para-hydroxylation sites is 1. The lowest BCUT2D eigenvalue weighted by atomic mass is 10.1. The molecule has 2 aromatic carbocycles. The van der Waals surface area contributed by atoms with Crippen molar-refractivity contribution in [3.05, 3.63) is 65.9 Å². The van der Waals surface area contributed by atoms with Crippen LogP contribution in [0.3, 0.4) is 0 Å². The van der Waals surface area contributed by atoms with Crippen LogP contribution in [-0.4, -0.2) is 44.8 Å². The lowest BCUT2D eigenvalue weighted by Gasteiger charge is -2.14. The molecule has 0 aliphatic rings. The van der Waals surface area contributed by atoms with Gasteiger partial charge in [-0.2, -0.15) is 0 Å². The van der Waals surface area contributed by atoms with Gasteiger partial charge in [-0.25, -0.2) is 9.78 Å². The summed E-state index contributed by atoms with van der Waals surface area (Å²) in [7, 11) is 4.43. The molecule has 0 unspecified atom stereocenters. The van der Waals surface area contributed by atoms with Crippen molar-refractivity contribution in [2.75, 3.05) is 33.3 Å². The van der Waals surface area contributed by atoms with Crippen molar-refractivity contribution in [2.45, 2.75) is 6.92 Å². The van der Waals surface area contributed by atoms with Crippen LogP contribution in [0.15, 0.2) is 59.0 Å². The van der Waals surface area contributed by atoms with Gasteiger partial charge < -0.3 is 28.7 Å². The standard InChI is InChI=1S/C26H24N2O7/c1-15-9-10-21(35-15)20-13-18(17-7-5-6-8-19(17)28-20)26(30)34-14-24(29)27-16-11-22(31-2)25(33-4)23(12-16)32-3/h5-13H,14H2,1-4H3,(H,27,29). The third kappa shape index (κ3) is 5.03. The van der Waals surface area contributed by atoms with Gasteiger partial charge in [-0.15, -0.1) is 0 Å². The zero-order chi connectivity index (χ0) is 24.9. The van der Waals surface area contributed by atoms with Crippen molar-refractivity contribution >= 4 is 28.5 Å². The maximum absolute atomic E-state index is 13.0. The van der Waals surface area contributed by atoms with Gasteiger partial charge in [0.2, 0.25) is 5.75 Å². The molecule has 0 spiro atoms. The van der Waals surface area contributed by atoms with Crippen molar-refractivity contribution in [1.29, 1.82) is 0 Å². The first-order chi connectivity index (χ1) is 16.9. The van der Waals surface area contributed by atoms with E-state index in [1.165, 1.54) is 21.3 Å². The predicted octanol–water partition coefficient (Wildman–Crippen LogP) is 4.62. The number of hydrogen-bond donors (Lipinski definition) is 1. The molecular formula is C26H24N2O7. The number of esters is 1. The number of rotatable bonds is 8. The van der Waals surface area contributed by atoms with Crippen LogP contribution in [0.1, 0.15) is 16.1 Å². The highest BCUT2D eigenvalue weighted by Crippen LogP contribution is 2.39. The first kappa shape index (κ1) is 23.6. The molecule has 0 radical (unpaired) electrons. The molecule has 4 rings (SSSR count). The number of furan rings is 1. The van der Waals surface area contributed by atoms with Crippen LogP contribution in [-0.2, 0) is 9.53 Å². The summed E-state index contributed by atoms with van der Waals surface area (Å²) in [4.78, 5) is 30.1. The Morgan fingerprint density at radius 3 is 2.29 bits per heavy atom. The number of fused-ring (bicyclic) bond motifs is 1. The number of pyridine rings is 1. The van der Waals surface area contributed by atoms with E-state index in [-0.39, 0.29) is 5.56 Å². The van der Waals surface area contributed by atoms with Crippen molar-refractivity contribution in [2.24, 2.45) is 0 Å². The zero-order valence-corrected chi connectivity index (χ0v) is 19.7. The number of benzene rings is 2. The second-order valence-electron chi connectivity index (χ2n) is 7.52. The van der Waals surface area contributed by atoms with E-state index in [0.717, 1.165) is 5.76 Å². The van der Waals surface area contributed by atoms with Crippen LogP contribution in [0.5, 0.6) is 17.2 Å². The molecule has 2 heterocycles. The number of aromatic nitrogens is 1. The minimum atomic E-state index is -0.659. The third-order valence-corrected chi connectivity index (χ3v) is 5.21. The van der Waals surface area contributed by atoms with Gasteiger partial charge in [-0.05, 0) is 31.2 Å². The predicted molar refractivity (Wildman–Crippen MR) is 129 cm³/mol. The molecule has 0 saturated carbocycles. The molecule has 4 aromatic rings. The molecule has 9 heteroatoms. The van der Waals surface area contributed by atoms with E-state index in [0.29, 0.717) is 45.3 Å². The largest absolute Gasteiger partial charge is 0.493 e. The number of hydrogen-bond acceptors (Lipinski definition) is 8. The van der Waals surface area contributed by atoms with Gasteiger partial charge in [0.05, 0.1) is 32.4 Å².